The molecule has 0 fully saturated rings. The fourth-order valence-electron chi connectivity index (χ4n) is 1.85. The van der Waals surface area contributed by atoms with Crippen molar-refractivity contribution in [3.8, 4) is 5.75 Å². The molecule has 1 rings (SSSR count). The molecule has 2 N–H and O–H groups in total. The second-order valence-corrected chi connectivity index (χ2v) is 5.59. The molecule has 0 aliphatic rings. The fourth-order valence-corrected chi connectivity index (χ4v) is 2.26. The number of ether oxygens (including phenoxy) is 1. The molecule has 0 aromatic heterocycles. The Morgan fingerprint density at radius 3 is 2.79 bits per heavy atom. The monoisotopic (exact) mass is 329 g/mol. The van der Waals surface area contributed by atoms with Crippen LogP contribution in [0.2, 0.25) is 0 Å². The van der Waals surface area contributed by atoms with E-state index in [1.54, 1.807) is 0 Å². The highest BCUT2D eigenvalue weighted by molar-refractivity contribution is 9.10. The Morgan fingerprint density at radius 2 is 2.11 bits per heavy atom. The van der Waals surface area contributed by atoms with Gasteiger partial charge in [-0.25, -0.2) is 0 Å². The van der Waals surface area contributed by atoms with Crippen molar-refractivity contribution in [1.82, 2.24) is 5.32 Å². The van der Waals surface area contributed by atoms with Crippen molar-refractivity contribution >= 4 is 15.9 Å². The van der Waals surface area contributed by atoms with Crippen LogP contribution in [0, 0.1) is 0 Å². The lowest BCUT2D eigenvalue weighted by Gasteiger charge is -2.14. The van der Waals surface area contributed by atoms with Crippen molar-refractivity contribution in [2.75, 3.05) is 13.2 Å². The van der Waals surface area contributed by atoms with Crippen molar-refractivity contribution < 1.29 is 9.84 Å². The smallest absolute Gasteiger partial charge is 0.123 e. The molecule has 1 unspecified atom stereocenters. The molecular weight excluding hydrogens is 306 g/mol. The maximum atomic E-state index is 9.69. The van der Waals surface area contributed by atoms with Crippen LogP contribution in [0.25, 0.3) is 0 Å². The number of benzene rings is 1. The maximum absolute atomic E-state index is 9.69. The van der Waals surface area contributed by atoms with Gasteiger partial charge < -0.3 is 15.2 Å². The van der Waals surface area contributed by atoms with Crippen molar-refractivity contribution in [2.45, 2.75) is 45.8 Å². The summed E-state index contributed by atoms with van der Waals surface area (Å²) in [6, 6.07) is 6.03. The van der Waals surface area contributed by atoms with Gasteiger partial charge in [0, 0.05) is 23.1 Å². The molecule has 0 amide bonds. The molecule has 0 radical (unpaired) electrons. The summed E-state index contributed by atoms with van der Waals surface area (Å²) in [4.78, 5) is 0. The molecule has 0 saturated heterocycles. The molecule has 1 atom stereocenters. The summed E-state index contributed by atoms with van der Waals surface area (Å²) >= 11 is 3.48. The summed E-state index contributed by atoms with van der Waals surface area (Å²) in [6.45, 7) is 6.23. The number of nitrogens with one attached hydrogen (secondary N) is 1. The van der Waals surface area contributed by atoms with Crippen LogP contribution in [0.1, 0.15) is 38.7 Å². The van der Waals surface area contributed by atoms with E-state index in [-0.39, 0.29) is 6.10 Å². The van der Waals surface area contributed by atoms with Gasteiger partial charge >= 0.3 is 0 Å². The molecule has 0 bridgehead atoms. The number of hydrogen-bond donors (Lipinski definition) is 2. The lowest BCUT2D eigenvalue weighted by molar-refractivity contribution is 0.160. The van der Waals surface area contributed by atoms with Gasteiger partial charge in [0.25, 0.3) is 0 Å². The van der Waals surface area contributed by atoms with Crippen LogP contribution in [0.3, 0.4) is 0 Å². The second kappa shape index (κ2) is 9.34. The Hall–Kier alpha value is -0.580. The highest BCUT2D eigenvalue weighted by Crippen LogP contribution is 2.23. The third kappa shape index (κ3) is 6.41. The summed E-state index contributed by atoms with van der Waals surface area (Å²) in [5.41, 5.74) is 1.12. The van der Waals surface area contributed by atoms with Gasteiger partial charge in [-0.3, -0.25) is 0 Å². The molecule has 0 heterocycles. The van der Waals surface area contributed by atoms with E-state index in [9.17, 15) is 5.11 Å². The van der Waals surface area contributed by atoms with Crippen molar-refractivity contribution in [3.63, 3.8) is 0 Å². The molecule has 0 saturated carbocycles. The minimum Gasteiger partial charge on any atom is -0.493 e. The van der Waals surface area contributed by atoms with Crippen LogP contribution < -0.4 is 10.1 Å². The van der Waals surface area contributed by atoms with E-state index in [1.807, 2.05) is 12.1 Å². The first-order valence-electron chi connectivity index (χ1n) is 6.97. The number of hydrogen-bond acceptors (Lipinski definition) is 3. The van der Waals surface area contributed by atoms with Gasteiger partial charge in [0.2, 0.25) is 0 Å². The van der Waals surface area contributed by atoms with Gasteiger partial charge in [-0.1, -0.05) is 36.2 Å². The molecular formula is C15H24BrNO2. The summed E-state index contributed by atoms with van der Waals surface area (Å²) in [5.74, 6) is 0.919. The summed E-state index contributed by atoms with van der Waals surface area (Å²) in [5, 5.41) is 13.0. The third-order valence-electron chi connectivity index (χ3n) is 2.80. The minimum atomic E-state index is -0.267. The van der Waals surface area contributed by atoms with Gasteiger partial charge in [-0.2, -0.15) is 0 Å². The SMILES string of the molecule is CCCOc1ccc(Br)cc1CNCC(O)CCC. The third-order valence-corrected chi connectivity index (χ3v) is 3.29. The van der Waals surface area contributed by atoms with Crippen molar-refractivity contribution in [3.05, 3.63) is 28.2 Å². The zero-order valence-corrected chi connectivity index (χ0v) is 13.4. The van der Waals surface area contributed by atoms with Crippen LogP contribution in [-0.2, 0) is 6.54 Å². The van der Waals surface area contributed by atoms with Crippen LogP contribution >= 0.6 is 15.9 Å². The van der Waals surface area contributed by atoms with Gasteiger partial charge in [-0.15, -0.1) is 0 Å². The number of halogens is 1. The average Bonchev–Trinajstić information content (AvgIpc) is 2.38. The highest BCUT2D eigenvalue weighted by Gasteiger charge is 2.06. The van der Waals surface area contributed by atoms with E-state index in [4.69, 9.17) is 4.74 Å². The van der Waals surface area contributed by atoms with Gasteiger partial charge in [0.15, 0.2) is 0 Å². The van der Waals surface area contributed by atoms with Crippen LogP contribution in [0.5, 0.6) is 5.75 Å². The summed E-state index contributed by atoms with van der Waals surface area (Å²) < 4.78 is 6.77. The zero-order chi connectivity index (χ0) is 14.1. The van der Waals surface area contributed by atoms with E-state index in [2.05, 4.69) is 41.2 Å². The van der Waals surface area contributed by atoms with Gasteiger partial charge in [-0.05, 0) is 31.0 Å². The first-order valence-corrected chi connectivity index (χ1v) is 7.76. The summed E-state index contributed by atoms with van der Waals surface area (Å²) in [7, 11) is 0. The topological polar surface area (TPSA) is 41.5 Å². The van der Waals surface area contributed by atoms with Crippen molar-refractivity contribution in [2.24, 2.45) is 0 Å². The first kappa shape index (κ1) is 16.5. The fraction of sp³-hybridized carbons (Fsp3) is 0.600. The molecule has 3 nitrogen and oxygen atoms in total. The molecule has 0 aliphatic heterocycles. The van der Waals surface area contributed by atoms with Gasteiger partial charge in [0.05, 0.1) is 12.7 Å². The molecule has 1 aromatic rings. The Balaban J connectivity index is 2.52. The van der Waals surface area contributed by atoms with E-state index in [0.29, 0.717) is 13.1 Å². The van der Waals surface area contributed by atoms with E-state index >= 15 is 0 Å². The maximum Gasteiger partial charge on any atom is 0.123 e. The predicted molar refractivity (Wildman–Crippen MR) is 82.5 cm³/mol. The molecule has 19 heavy (non-hydrogen) atoms. The number of aliphatic hydroxyl groups is 1. The number of rotatable bonds is 9. The van der Waals surface area contributed by atoms with Gasteiger partial charge in [0.1, 0.15) is 5.75 Å². The molecule has 4 heteroatoms. The molecule has 0 spiro atoms. The van der Waals surface area contributed by atoms with E-state index in [0.717, 1.165) is 41.7 Å². The highest BCUT2D eigenvalue weighted by atomic mass is 79.9. The normalized spacial score (nSPS) is 12.4. The van der Waals surface area contributed by atoms with Crippen LogP contribution in [0.4, 0.5) is 0 Å². The van der Waals surface area contributed by atoms with Crippen molar-refractivity contribution in [1.29, 1.82) is 0 Å². The molecule has 108 valence electrons. The Morgan fingerprint density at radius 1 is 1.32 bits per heavy atom. The quantitative estimate of drug-likeness (QED) is 0.728. The Kier molecular flexibility index (Phi) is 8.10. The van der Waals surface area contributed by atoms with Crippen LogP contribution in [0.15, 0.2) is 22.7 Å². The van der Waals surface area contributed by atoms with E-state index < -0.39 is 0 Å². The van der Waals surface area contributed by atoms with E-state index in [1.165, 1.54) is 0 Å². The first-order chi connectivity index (χ1) is 9.17. The minimum absolute atomic E-state index is 0.267. The second-order valence-electron chi connectivity index (χ2n) is 4.67. The lowest BCUT2D eigenvalue weighted by Crippen LogP contribution is -2.26. The predicted octanol–water partition coefficient (Wildman–Crippen LogP) is 3.49. The largest absolute Gasteiger partial charge is 0.493 e. The standard InChI is InChI=1S/C15H24BrNO2/c1-3-5-14(18)11-17-10-12-9-13(16)6-7-15(12)19-8-4-2/h6-7,9,14,17-18H,3-5,8,10-11H2,1-2H3. The zero-order valence-electron chi connectivity index (χ0n) is 11.8. The molecule has 0 aliphatic carbocycles. The summed E-state index contributed by atoms with van der Waals surface area (Å²) in [6.07, 6.45) is 2.57. The Bertz CT molecular complexity index is 371. The molecule has 1 aromatic carbocycles. The Labute approximate surface area is 124 Å². The van der Waals surface area contributed by atoms with Crippen LogP contribution in [-0.4, -0.2) is 24.4 Å². The lowest BCUT2D eigenvalue weighted by atomic mass is 10.2. The number of aliphatic hydroxyl groups excluding tert-OH is 1. The average molecular weight is 330 g/mol.